The van der Waals surface area contributed by atoms with Gasteiger partial charge in [0.05, 0.1) is 24.8 Å². The van der Waals surface area contributed by atoms with Crippen LogP contribution in [0.25, 0.3) is 0 Å². The van der Waals surface area contributed by atoms with Crippen LogP contribution in [-0.2, 0) is 10.0 Å². The first kappa shape index (κ1) is 22.2. The predicted molar refractivity (Wildman–Crippen MR) is 121 cm³/mol. The molecule has 0 fully saturated rings. The number of carbonyl (C=O) groups is 1. The topological polar surface area (TPSA) is 84.9 Å². The molecule has 0 aromatic heterocycles. The van der Waals surface area contributed by atoms with E-state index >= 15 is 0 Å². The van der Waals surface area contributed by atoms with Crippen molar-refractivity contribution in [3.8, 4) is 11.5 Å². The summed E-state index contributed by atoms with van der Waals surface area (Å²) in [6.07, 6.45) is 0. The minimum atomic E-state index is -3.70. The highest BCUT2D eigenvalue weighted by Gasteiger charge is 2.21. The van der Waals surface area contributed by atoms with E-state index in [-0.39, 0.29) is 10.8 Å². The molecule has 0 aliphatic carbocycles. The van der Waals surface area contributed by atoms with Gasteiger partial charge in [-0.15, -0.1) is 0 Å². The van der Waals surface area contributed by atoms with Crippen molar-refractivity contribution in [3.63, 3.8) is 0 Å². The molecular formula is C23H24N2O5S. The van der Waals surface area contributed by atoms with Crippen LogP contribution in [0.15, 0.2) is 71.6 Å². The van der Waals surface area contributed by atoms with E-state index in [1.165, 1.54) is 25.6 Å². The lowest BCUT2D eigenvalue weighted by molar-refractivity contribution is 0.102. The highest BCUT2D eigenvalue weighted by Crippen LogP contribution is 2.27. The van der Waals surface area contributed by atoms with E-state index in [2.05, 4.69) is 5.32 Å². The zero-order valence-electron chi connectivity index (χ0n) is 17.7. The number of aryl methyl sites for hydroxylation is 1. The molecule has 0 bridgehead atoms. The second-order valence-electron chi connectivity index (χ2n) is 6.89. The molecule has 3 aromatic carbocycles. The Balaban J connectivity index is 1.78. The summed E-state index contributed by atoms with van der Waals surface area (Å²) in [4.78, 5) is 12.8. The van der Waals surface area contributed by atoms with E-state index in [4.69, 9.17) is 9.47 Å². The Bertz CT molecular complexity index is 1150. The summed E-state index contributed by atoms with van der Waals surface area (Å²) in [6.45, 7) is 1.89. The number of hydrogen-bond acceptors (Lipinski definition) is 5. The molecule has 1 N–H and O–H groups in total. The van der Waals surface area contributed by atoms with Gasteiger partial charge < -0.3 is 14.8 Å². The Hall–Kier alpha value is -3.52. The Morgan fingerprint density at radius 3 is 1.94 bits per heavy atom. The van der Waals surface area contributed by atoms with Crippen LogP contribution in [0.3, 0.4) is 0 Å². The molecule has 162 valence electrons. The van der Waals surface area contributed by atoms with Crippen molar-refractivity contribution in [2.24, 2.45) is 0 Å². The third-order valence-corrected chi connectivity index (χ3v) is 6.58. The Labute approximate surface area is 182 Å². The molecular weight excluding hydrogens is 416 g/mol. The van der Waals surface area contributed by atoms with Gasteiger partial charge in [0, 0.05) is 36.5 Å². The quantitative estimate of drug-likeness (QED) is 0.598. The summed E-state index contributed by atoms with van der Waals surface area (Å²) < 4.78 is 37.3. The zero-order chi connectivity index (χ0) is 22.6. The summed E-state index contributed by atoms with van der Waals surface area (Å²) in [5, 5.41) is 2.79. The molecule has 0 saturated heterocycles. The first-order chi connectivity index (χ1) is 14.7. The maximum atomic E-state index is 12.8. The second kappa shape index (κ2) is 9.09. The molecule has 0 heterocycles. The monoisotopic (exact) mass is 440 g/mol. The van der Waals surface area contributed by atoms with Gasteiger partial charge in [-0.3, -0.25) is 9.10 Å². The number of nitrogens with one attached hydrogen (secondary N) is 1. The Kier molecular flexibility index (Phi) is 6.50. The number of anilines is 2. The van der Waals surface area contributed by atoms with Crippen LogP contribution < -0.4 is 19.1 Å². The molecule has 0 aliphatic heterocycles. The maximum Gasteiger partial charge on any atom is 0.264 e. The lowest BCUT2D eigenvalue weighted by Crippen LogP contribution is -2.26. The standard InChI is InChI=1S/C23H24N2O5S/c1-16-5-11-22(12-6-16)31(27,28)25(2)19-9-7-17(8-10-19)23(26)24-18-13-20(29-3)15-21(14-18)30-4/h5-15H,1-4H3,(H,24,26). The number of amides is 1. The summed E-state index contributed by atoms with van der Waals surface area (Å²) >= 11 is 0. The van der Waals surface area contributed by atoms with Gasteiger partial charge in [-0.05, 0) is 43.3 Å². The number of hydrogen-bond donors (Lipinski definition) is 1. The van der Waals surface area contributed by atoms with Crippen molar-refractivity contribution < 1.29 is 22.7 Å². The molecule has 0 aliphatic rings. The van der Waals surface area contributed by atoms with Gasteiger partial charge in [0.1, 0.15) is 11.5 Å². The van der Waals surface area contributed by atoms with Crippen LogP contribution in [0.5, 0.6) is 11.5 Å². The number of sulfonamides is 1. The molecule has 3 aromatic rings. The van der Waals surface area contributed by atoms with Crippen molar-refractivity contribution in [3.05, 3.63) is 77.9 Å². The highest BCUT2D eigenvalue weighted by atomic mass is 32.2. The average molecular weight is 441 g/mol. The number of carbonyl (C=O) groups excluding carboxylic acids is 1. The van der Waals surface area contributed by atoms with E-state index in [1.54, 1.807) is 66.7 Å². The van der Waals surface area contributed by atoms with E-state index in [0.717, 1.165) is 5.56 Å². The Morgan fingerprint density at radius 2 is 1.42 bits per heavy atom. The second-order valence-corrected chi connectivity index (χ2v) is 8.86. The van der Waals surface area contributed by atoms with Crippen LogP contribution in [0, 0.1) is 6.92 Å². The summed E-state index contributed by atoms with van der Waals surface area (Å²) in [7, 11) is 0.834. The van der Waals surface area contributed by atoms with Gasteiger partial charge in [-0.25, -0.2) is 8.42 Å². The number of nitrogens with zero attached hydrogens (tertiary/aromatic N) is 1. The molecule has 0 saturated carbocycles. The molecule has 0 atom stereocenters. The summed E-state index contributed by atoms with van der Waals surface area (Å²) in [6, 6.07) is 18.0. The minimum Gasteiger partial charge on any atom is -0.497 e. The largest absolute Gasteiger partial charge is 0.497 e. The molecule has 1 amide bonds. The van der Waals surface area contributed by atoms with Gasteiger partial charge in [0.15, 0.2) is 0 Å². The van der Waals surface area contributed by atoms with E-state index < -0.39 is 10.0 Å². The van der Waals surface area contributed by atoms with E-state index in [1.807, 2.05) is 6.92 Å². The van der Waals surface area contributed by atoms with Crippen LogP contribution >= 0.6 is 0 Å². The van der Waals surface area contributed by atoms with Crippen LogP contribution in [0.1, 0.15) is 15.9 Å². The SMILES string of the molecule is COc1cc(NC(=O)c2ccc(N(C)S(=O)(=O)c3ccc(C)cc3)cc2)cc(OC)c1. The van der Waals surface area contributed by atoms with Gasteiger partial charge in [-0.2, -0.15) is 0 Å². The highest BCUT2D eigenvalue weighted by molar-refractivity contribution is 7.92. The molecule has 3 rings (SSSR count). The van der Waals surface area contributed by atoms with Crippen LogP contribution in [0.4, 0.5) is 11.4 Å². The molecule has 0 unspecified atom stereocenters. The lowest BCUT2D eigenvalue weighted by atomic mass is 10.2. The molecule has 0 spiro atoms. The van der Waals surface area contributed by atoms with Gasteiger partial charge in [-0.1, -0.05) is 17.7 Å². The zero-order valence-corrected chi connectivity index (χ0v) is 18.6. The molecule has 7 nitrogen and oxygen atoms in total. The molecule has 8 heteroatoms. The normalized spacial score (nSPS) is 11.0. The third-order valence-electron chi connectivity index (χ3n) is 4.78. The van der Waals surface area contributed by atoms with Gasteiger partial charge in [0.25, 0.3) is 15.9 Å². The molecule has 0 radical (unpaired) electrons. The number of benzene rings is 3. The van der Waals surface area contributed by atoms with Crippen molar-refractivity contribution in [1.82, 2.24) is 0 Å². The number of ether oxygens (including phenoxy) is 2. The van der Waals surface area contributed by atoms with Crippen molar-refractivity contribution in [2.45, 2.75) is 11.8 Å². The fourth-order valence-corrected chi connectivity index (χ4v) is 4.11. The average Bonchev–Trinajstić information content (AvgIpc) is 2.78. The first-order valence-electron chi connectivity index (χ1n) is 9.44. The van der Waals surface area contributed by atoms with Crippen molar-refractivity contribution >= 4 is 27.3 Å². The van der Waals surface area contributed by atoms with Crippen LogP contribution in [-0.4, -0.2) is 35.6 Å². The first-order valence-corrected chi connectivity index (χ1v) is 10.9. The predicted octanol–water partition coefficient (Wildman–Crippen LogP) is 4.09. The van der Waals surface area contributed by atoms with Crippen molar-refractivity contribution in [1.29, 1.82) is 0 Å². The number of methoxy groups -OCH3 is 2. The minimum absolute atomic E-state index is 0.203. The number of rotatable bonds is 7. The van der Waals surface area contributed by atoms with Gasteiger partial charge in [0.2, 0.25) is 0 Å². The fraction of sp³-hybridized carbons (Fsp3) is 0.174. The van der Waals surface area contributed by atoms with Crippen LogP contribution in [0.2, 0.25) is 0 Å². The lowest BCUT2D eigenvalue weighted by Gasteiger charge is -2.20. The molecule has 31 heavy (non-hydrogen) atoms. The summed E-state index contributed by atoms with van der Waals surface area (Å²) in [5.74, 6) is 0.756. The summed E-state index contributed by atoms with van der Waals surface area (Å²) in [5.41, 5.74) is 2.32. The Morgan fingerprint density at radius 1 is 0.871 bits per heavy atom. The maximum absolute atomic E-state index is 12.8. The van der Waals surface area contributed by atoms with Gasteiger partial charge >= 0.3 is 0 Å². The third kappa shape index (κ3) is 4.97. The van der Waals surface area contributed by atoms with E-state index in [9.17, 15) is 13.2 Å². The smallest absolute Gasteiger partial charge is 0.264 e. The van der Waals surface area contributed by atoms with E-state index in [0.29, 0.717) is 28.4 Å². The van der Waals surface area contributed by atoms with Crippen molar-refractivity contribution in [2.75, 3.05) is 30.9 Å². The fourth-order valence-electron chi connectivity index (χ4n) is 2.91.